The third-order valence-corrected chi connectivity index (χ3v) is 5.42. The van der Waals surface area contributed by atoms with Crippen molar-refractivity contribution in [1.82, 2.24) is 14.9 Å². The van der Waals surface area contributed by atoms with Crippen molar-refractivity contribution in [3.8, 4) is 0 Å². The molecule has 2 heterocycles. The largest absolute Gasteiger partial charge is 0.355 e. The maximum atomic E-state index is 13.4. The van der Waals surface area contributed by atoms with Crippen LogP contribution in [0.15, 0.2) is 82.3 Å². The Balaban J connectivity index is 1.90. The number of rotatable bonds is 5. The second-order valence-corrected chi connectivity index (χ2v) is 7.73. The van der Waals surface area contributed by atoms with E-state index >= 15 is 0 Å². The number of nitrogens with zero attached hydrogens (tertiary/aromatic N) is 2. The summed E-state index contributed by atoms with van der Waals surface area (Å²) in [7, 11) is 1.50. The maximum absolute atomic E-state index is 13.4. The average Bonchev–Trinajstić information content (AvgIpc) is 2.80. The molecule has 0 fully saturated rings. The highest BCUT2D eigenvalue weighted by Crippen LogP contribution is 2.18. The van der Waals surface area contributed by atoms with E-state index in [1.807, 2.05) is 34.9 Å². The van der Waals surface area contributed by atoms with Crippen molar-refractivity contribution in [2.75, 3.05) is 7.05 Å². The highest BCUT2D eigenvalue weighted by atomic mass is 79.9. The van der Waals surface area contributed by atoms with Gasteiger partial charge in [-0.15, -0.1) is 0 Å². The molecule has 0 spiro atoms. The standard InChI is InChI=1S/C24H18BrN3O3/c1-26-24(31)17-9-3-2-8-16(17)22(29)19-14-28(13-15-7-6-12-21(25)27-15)20-11-5-4-10-18(20)23(19)30/h2-12,14H,13H2,1H3,(H,26,31). The van der Waals surface area contributed by atoms with E-state index in [2.05, 4.69) is 26.2 Å². The quantitative estimate of drug-likeness (QED) is 0.351. The van der Waals surface area contributed by atoms with Crippen LogP contribution >= 0.6 is 15.9 Å². The highest BCUT2D eigenvalue weighted by molar-refractivity contribution is 9.10. The van der Waals surface area contributed by atoms with Gasteiger partial charge >= 0.3 is 0 Å². The van der Waals surface area contributed by atoms with Gasteiger partial charge in [0.1, 0.15) is 4.60 Å². The molecule has 0 saturated carbocycles. The summed E-state index contributed by atoms with van der Waals surface area (Å²) in [6, 6.07) is 19.2. The minimum atomic E-state index is -0.495. The highest BCUT2D eigenvalue weighted by Gasteiger charge is 2.21. The summed E-state index contributed by atoms with van der Waals surface area (Å²) >= 11 is 3.37. The molecule has 0 aliphatic heterocycles. The van der Waals surface area contributed by atoms with Gasteiger partial charge in [-0.25, -0.2) is 4.98 Å². The molecule has 1 amide bonds. The maximum Gasteiger partial charge on any atom is 0.251 e. The second-order valence-electron chi connectivity index (χ2n) is 6.92. The van der Waals surface area contributed by atoms with Crippen LogP contribution in [-0.2, 0) is 6.54 Å². The van der Waals surface area contributed by atoms with E-state index < -0.39 is 5.78 Å². The Hall–Kier alpha value is -3.58. The molecule has 0 aliphatic rings. The van der Waals surface area contributed by atoms with E-state index in [0.717, 1.165) is 5.69 Å². The Bertz CT molecular complexity index is 1380. The third-order valence-electron chi connectivity index (χ3n) is 4.98. The van der Waals surface area contributed by atoms with Crippen LogP contribution < -0.4 is 10.7 Å². The molecule has 6 nitrogen and oxygen atoms in total. The van der Waals surface area contributed by atoms with Gasteiger partial charge < -0.3 is 9.88 Å². The number of hydrogen-bond acceptors (Lipinski definition) is 4. The van der Waals surface area contributed by atoms with Crippen molar-refractivity contribution in [3.05, 3.63) is 110 Å². The minimum absolute atomic E-state index is 0.00468. The molecule has 2 aromatic carbocycles. The Kier molecular flexibility index (Phi) is 5.77. The fourth-order valence-corrected chi connectivity index (χ4v) is 3.89. The van der Waals surface area contributed by atoms with Crippen molar-refractivity contribution in [3.63, 3.8) is 0 Å². The molecular weight excluding hydrogens is 458 g/mol. The van der Waals surface area contributed by atoms with E-state index in [-0.39, 0.29) is 28.0 Å². The molecule has 0 radical (unpaired) electrons. The number of carbonyl (C=O) groups is 2. The number of aromatic nitrogens is 2. The molecule has 154 valence electrons. The number of benzene rings is 2. The molecule has 0 atom stereocenters. The SMILES string of the molecule is CNC(=O)c1ccccc1C(=O)c1cn(Cc2cccc(Br)n2)c2ccccc2c1=O. The first-order chi connectivity index (χ1) is 15.0. The number of amides is 1. The zero-order chi connectivity index (χ0) is 22.0. The van der Waals surface area contributed by atoms with Crippen molar-refractivity contribution in [1.29, 1.82) is 0 Å². The minimum Gasteiger partial charge on any atom is -0.355 e. The molecule has 1 N–H and O–H groups in total. The number of para-hydroxylation sites is 1. The topological polar surface area (TPSA) is 81.1 Å². The van der Waals surface area contributed by atoms with Gasteiger partial charge in [0.2, 0.25) is 5.43 Å². The van der Waals surface area contributed by atoms with Crippen molar-refractivity contribution in [2.24, 2.45) is 0 Å². The molecule has 0 aliphatic carbocycles. The Labute approximate surface area is 186 Å². The number of pyridine rings is 2. The molecule has 4 rings (SSSR count). The van der Waals surface area contributed by atoms with E-state index in [9.17, 15) is 14.4 Å². The first-order valence-electron chi connectivity index (χ1n) is 9.59. The fourth-order valence-electron chi connectivity index (χ4n) is 3.51. The van der Waals surface area contributed by atoms with Crippen LogP contribution in [0.1, 0.15) is 32.0 Å². The van der Waals surface area contributed by atoms with E-state index in [4.69, 9.17) is 0 Å². The zero-order valence-corrected chi connectivity index (χ0v) is 18.2. The van der Waals surface area contributed by atoms with Gasteiger partial charge in [-0.1, -0.05) is 36.4 Å². The molecule has 2 aromatic heterocycles. The summed E-state index contributed by atoms with van der Waals surface area (Å²) in [5.74, 6) is -0.880. The lowest BCUT2D eigenvalue weighted by molar-refractivity contribution is 0.0950. The molecule has 31 heavy (non-hydrogen) atoms. The monoisotopic (exact) mass is 475 g/mol. The molecule has 0 saturated heterocycles. The lowest BCUT2D eigenvalue weighted by Gasteiger charge is -2.14. The summed E-state index contributed by atoms with van der Waals surface area (Å²) in [5, 5.41) is 2.97. The number of fused-ring (bicyclic) bond motifs is 1. The van der Waals surface area contributed by atoms with Crippen molar-refractivity contribution < 1.29 is 9.59 Å². The van der Waals surface area contributed by atoms with E-state index in [0.29, 0.717) is 22.1 Å². The van der Waals surface area contributed by atoms with Gasteiger partial charge in [0.05, 0.1) is 28.9 Å². The van der Waals surface area contributed by atoms with Crippen LogP contribution in [-0.4, -0.2) is 28.3 Å². The lowest BCUT2D eigenvalue weighted by Crippen LogP contribution is -2.24. The first-order valence-corrected chi connectivity index (χ1v) is 10.4. The number of hydrogen-bond donors (Lipinski definition) is 1. The molecule has 0 unspecified atom stereocenters. The summed E-state index contributed by atoms with van der Waals surface area (Å²) in [5.41, 5.74) is 1.51. The predicted octanol–water partition coefficient (Wildman–Crippen LogP) is 3.80. The van der Waals surface area contributed by atoms with Crippen LogP contribution in [0, 0.1) is 0 Å². The van der Waals surface area contributed by atoms with Crippen LogP contribution in [0.2, 0.25) is 0 Å². The van der Waals surface area contributed by atoms with Gasteiger partial charge in [-0.3, -0.25) is 14.4 Å². The first kappa shape index (κ1) is 20.7. The number of carbonyl (C=O) groups excluding carboxylic acids is 2. The predicted molar refractivity (Wildman–Crippen MR) is 123 cm³/mol. The van der Waals surface area contributed by atoms with Crippen molar-refractivity contribution >= 4 is 38.5 Å². The summed E-state index contributed by atoms with van der Waals surface area (Å²) in [6.07, 6.45) is 1.55. The van der Waals surface area contributed by atoms with Gasteiger partial charge in [0.15, 0.2) is 5.78 Å². The summed E-state index contributed by atoms with van der Waals surface area (Å²) in [6.45, 7) is 0.373. The molecular formula is C24H18BrN3O3. The van der Waals surface area contributed by atoms with Crippen LogP contribution in [0.25, 0.3) is 10.9 Å². The molecule has 0 bridgehead atoms. The Morgan fingerprint density at radius 2 is 1.65 bits per heavy atom. The average molecular weight is 476 g/mol. The van der Waals surface area contributed by atoms with E-state index in [1.165, 1.54) is 7.05 Å². The fraction of sp³-hybridized carbons (Fsp3) is 0.0833. The third kappa shape index (κ3) is 4.04. The lowest BCUT2D eigenvalue weighted by atomic mass is 9.97. The van der Waals surface area contributed by atoms with Gasteiger partial charge in [0.25, 0.3) is 5.91 Å². The Morgan fingerprint density at radius 1 is 0.935 bits per heavy atom. The van der Waals surface area contributed by atoms with Crippen LogP contribution in [0.5, 0.6) is 0 Å². The summed E-state index contributed by atoms with van der Waals surface area (Å²) in [4.78, 5) is 43.3. The second kappa shape index (κ2) is 8.65. The van der Waals surface area contributed by atoms with Gasteiger partial charge in [-0.2, -0.15) is 0 Å². The molecule has 4 aromatic rings. The summed E-state index contributed by atoms with van der Waals surface area (Å²) < 4.78 is 2.53. The van der Waals surface area contributed by atoms with Gasteiger partial charge in [0, 0.05) is 24.2 Å². The smallest absolute Gasteiger partial charge is 0.251 e. The number of halogens is 1. The van der Waals surface area contributed by atoms with E-state index in [1.54, 1.807) is 42.6 Å². The van der Waals surface area contributed by atoms with Crippen molar-refractivity contribution in [2.45, 2.75) is 6.54 Å². The van der Waals surface area contributed by atoms with Crippen LogP contribution in [0.4, 0.5) is 0 Å². The zero-order valence-electron chi connectivity index (χ0n) is 16.6. The number of nitrogens with one attached hydrogen (secondary N) is 1. The van der Waals surface area contributed by atoms with Crippen LogP contribution in [0.3, 0.4) is 0 Å². The number of ketones is 1. The Morgan fingerprint density at radius 3 is 2.39 bits per heavy atom. The molecule has 7 heteroatoms. The van der Waals surface area contributed by atoms with Gasteiger partial charge in [-0.05, 0) is 46.3 Å². The normalized spacial score (nSPS) is 10.8.